The zero-order chi connectivity index (χ0) is 27.6. The third-order valence-corrected chi connectivity index (χ3v) is 7.19. The van der Waals surface area contributed by atoms with Crippen molar-refractivity contribution in [1.82, 2.24) is 0 Å². The molecular formula is C26H20Cl2N3NaO6S. The van der Waals surface area contributed by atoms with E-state index in [4.69, 9.17) is 27.9 Å². The van der Waals surface area contributed by atoms with Crippen molar-refractivity contribution in [2.24, 2.45) is 10.2 Å². The second-order valence-electron chi connectivity index (χ2n) is 8.10. The van der Waals surface area contributed by atoms with Gasteiger partial charge >= 0.3 is 29.6 Å². The standard InChI is InChI=1S/C26H21Cl2N3O6S.Na/c1-3-37-21-12-16(27)8-9-20(21)29-26(33)19-11-15-6-4-5-7-18(15)24(25(19)32)31-30-17-10-14(2)23(28)22(13-17)38(34,35)36;/h4-13,32H,3H2,1-2H3,(H,29,33)(H,34,35,36);/q;+1/p-1. The zero-order valence-electron chi connectivity index (χ0n) is 21.0. The van der Waals surface area contributed by atoms with Gasteiger partial charge in [-0.15, -0.1) is 0 Å². The first-order chi connectivity index (χ1) is 18.0. The predicted molar refractivity (Wildman–Crippen MR) is 144 cm³/mol. The molecule has 0 fully saturated rings. The molecule has 4 aromatic rings. The summed E-state index contributed by atoms with van der Waals surface area (Å²) in [5.41, 5.74) is 0.354. The van der Waals surface area contributed by atoms with E-state index in [2.05, 4.69) is 15.5 Å². The maximum atomic E-state index is 13.4. The SMILES string of the molecule is CCOc1cc(Cl)ccc1NC(=O)c1cc2ccccc2c(N=Nc2cc(C)c(Cl)c(S(=O)(=O)O)c2)c1[O-].[Na+]. The summed E-state index contributed by atoms with van der Waals surface area (Å²) in [7, 11) is -4.63. The number of ether oxygens (including phenoxy) is 1. The number of hydrogen-bond acceptors (Lipinski definition) is 7. The van der Waals surface area contributed by atoms with Crippen molar-refractivity contribution in [3.8, 4) is 11.5 Å². The van der Waals surface area contributed by atoms with Gasteiger partial charge in [0.25, 0.3) is 16.0 Å². The number of nitrogens with zero attached hydrogens (tertiary/aromatic N) is 2. The van der Waals surface area contributed by atoms with Crippen molar-refractivity contribution < 1.29 is 57.2 Å². The van der Waals surface area contributed by atoms with Gasteiger partial charge in [0.15, 0.2) is 0 Å². The van der Waals surface area contributed by atoms with Crippen LogP contribution in [-0.4, -0.2) is 25.5 Å². The van der Waals surface area contributed by atoms with E-state index < -0.39 is 26.7 Å². The fourth-order valence-corrected chi connectivity index (χ4v) is 4.93. The number of azo groups is 1. The van der Waals surface area contributed by atoms with Gasteiger partial charge < -0.3 is 15.2 Å². The number of aryl methyl sites for hydroxylation is 1. The quantitative estimate of drug-likeness (QED) is 0.189. The van der Waals surface area contributed by atoms with Crippen LogP contribution in [0.2, 0.25) is 10.0 Å². The molecule has 2 N–H and O–H groups in total. The molecule has 13 heteroatoms. The molecule has 0 spiro atoms. The Labute approximate surface area is 256 Å². The topological polar surface area (TPSA) is 140 Å². The van der Waals surface area contributed by atoms with Gasteiger partial charge in [-0.25, -0.2) is 0 Å². The smallest absolute Gasteiger partial charge is 0.870 e. The Morgan fingerprint density at radius 1 is 1.08 bits per heavy atom. The van der Waals surface area contributed by atoms with Crippen LogP contribution in [-0.2, 0) is 10.1 Å². The van der Waals surface area contributed by atoms with Gasteiger partial charge in [-0.3, -0.25) is 9.35 Å². The Bertz CT molecular complexity index is 1710. The summed E-state index contributed by atoms with van der Waals surface area (Å²) in [4.78, 5) is 12.7. The Hall–Kier alpha value is -2.70. The number of fused-ring (bicyclic) bond motifs is 1. The van der Waals surface area contributed by atoms with Gasteiger partial charge in [-0.2, -0.15) is 18.6 Å². The molecule has 4 rings (SSSR count). The van der Waals surface area contributed by atoms with Crippen LogP contribution in [0.3, 0.4) is 0 Å². The van der Waals surface area contributed by atoms with Gasteiger partial charge in [0.05, 0.1) is 28.7 Å². The molecule has 0 aliphatic heterocycles. The molecular weight excluding hydrogens is 576 g/mol. The normalized spacial score (nSPS) is 11.4. The molecule has 0 aliphatic carbocycles. The Kier molecular flexibility index (Phi) is 10.0. The van der Waals surface area contributed by atoms with E-state index in [1.54, 1.807) is 49.4 Å². The van der Waals surface area contributed by atoms with E-state index in [0.29, 0.717) is 39.4 Å². The predicted octanol–water partition coefficient (Wildman–Crippen LogP) is 3.85. The molecule has 0 saturated carbocycles. The summed E-state index contributed by atoms with van der Waals surface area (Å²) >= 11 is 12.0. The van der Waals surface area contributed by atoms with Crippen LogP contribution in [0, 0.1) is 6.92 Å². The fraction of sp³-hybridized carbons (Fsp3) is 0.115. The summed E-state index contributed by atoms with van der Waals surface area (Å²) in [5.74, 6) is -1.05. The summed E-state index contributed by atoms with van der Waals surface area (Å²) in [5, 5.41) is 25.4. The van der Waals surface area contributed by atoms with Crippen molar-refractivity contribution in [3.63, 3.8) is 0 Å². The number of hydrogen-bond donors (Lipinski definition) is 2. The van der Waals surface area contributed by atoms with Gasteiger partial charge in [0, 0.05) is 22.0 Å². The molecule has 0 unspecified atom stereocenters. The van der Waals surface area contributed by atoms with Gasteiger partial charge in [-0.1, -0.05) is 53.2 Å². The molecule has 0 atom stereocenters. The van der Waals surface area contributed by atoms with Crippen molar-refractivity contribution in [3.05, 3.63) is 81.8 Å². The van der Waals surface area contributed by atoms with E-state index >= 15 is 0 Å². The first-order valence-electron chi connectivity index (χ1n) is 11.2. The van der Waals surface area contributed by atoms with Gasteiger partial charge in [0.2, 0.25) is 0 Å². The monoisotopic (exact) mass is 595 g/mol. The summed E-state index contributed by atoms with van der Waals surface area (Å²) in [6, 6.07) is 15.4. The van der Waals surface area contributed by atoms with Gasteiger partial charge in [0.1, 0.15) is 10.6 Å². The number of carbonyl (C=O) groups excluding carboxylic acids is 1. The second kappa shape index (κ2) is 12.6. The minimum Gasteiger partial charge on any atom is -0.870 e. The zero-order valence-corrected chi connectivity index (χ0v) is 25.4. The number of halogens is 2. The van der Waals surface area contributed by atoms with Crippen LogP contribution in [0.25, 0.3) is 10.8 Å². The number of carbonyl (C=O) groups is 1. The number of nitrogens with one attached hydrogen (secondary N) is 1. The maximum absolute atomic E-state index is 13.4. The summed E-state index contributed by atoms with van der Waals surface area (Å²) < 4.78 is 38.4. The summed E-state index contributed by atoms with van der Waals surface area (Å²) in [6.07, 6.45) is 0. The minimum atomic E-state index is -4.63. The van der Waals surface area contributed by atoms with Crippen molar-refractivity contribution in [2.75, 3.05) is 11.9 Å². The van der Waals surface area contributed by atoms with E-state index in [1.807, 2.05) is 0 Å². The average Bonchev–Trinajstić information content (AvgIpc) is 2.86. The number of anilines is 1. The molecule has 1 amide bonds. The van der Waals surface area contributed by atoms with Crippen LogP contribution >= 0.6 is 23.2 Å². The maximum Gasteiger partial charge on any atom is 1.00 e. The largest absolute Gasteiger partial charge is 1.00 e. The van der Waals surface area contributed by atoms with Crippen LogP contribution in [0.15, 0.2) is 75.8 Å². The van der Waals surface area contributed by atoms with E-state index in [0.717, 1.165) is 6.07 Å². The molecule has 9 nitrogen and oxygen atoms in total. The number of rotatable bonds is 7. The fourth-order valence-electron chi connectivity index (χ4n) is 3.71. The minimum absolute atomic E-state index is 0. The molecule has 39 heavy (non-hydrogen) atoms. The first-order valence-corrected chi connectivity index (χ1v) is 13.3. The molecule has 0 bridgehead atoms. The second-order valence-corrected chi connectivity index (χ2v) is 10.3. The Morgan fingerprint density at radius 2 is 1.79 bits per heavy atom. The Morgan fingerprint density at radius 3 is 2.49 bits per heavy atom. The van der Waals surface area contributed by atoms with Crippen LogP contribution < -0.4 is 44.7 Å². The van der Waals surface area contributed by atoms with E-state index in [9.17, 15) is 22.9 Å². The molecule has 0 radical (unpaired) electrons. The van der Waals surface area contributed by atoms with Crippen LogP contribution in [0.4, 0.5) is 17.1 Å². The average molecular weight is 596 g/mol. The van der Waals surface area contributed by atoms with Crippen LogP contribution in [0.5, 0.6) is 11.5 Å². The number of benzene rings is 4. The third-order valence-electron chi connectivity index (χ3n) is 5.46. The van der Waals surface area contributed by atoms with Crippen LogP contribution in [0.1, 0.15) is 22.8 Å². The summed E-state index contributed by atoms with van der Waals surface area (Å²) in [6.45, 7) is 3.65. The molecule has 4 aromatic carbocycles. The van der Waals surface area contributed by atoms with E-state index in [1.165, 1.54) is 19.1 Å². The molecule has 0 aliphatic rings. The third kappa shape index (κ3) is 6.90. The molecule has 0 saturated heterocycles. The van der Waals surface area contributed by atoms with Crippen molar-refractivity contribution in [2.45, 2.75) is 18.7 Å². The molecule has 196 valence electrons. The first kappa shape index (κ1) is 30.8. The number of amides is 1. The van der Waals surface area contributed by atoms with Gasteiger partial charge in [-0.05, 0) is 55.1 Å². The Balaban J connectivity index is 0.00000420. The van der Waals surface area contributed by atoms with Crippen molar-refractivity contribution >= 4 is 67.1 Å². The molecule has 0 heterocycles. The van der Waals surface area contributed by atoms with E-state index in [-0.39, 0.29) is 51.5 Å². The van der Waals surface area contributed by atoms with Crippen molar-refractivity contribution in [1.29, 1.82) is 0 Å². The molecule has 0 aromatic heterocycles.